The van der Waals surface area contributed by atoms with Crippen LogP contribution in [-0.2, 0) is 6.54 Å². The number of aromatic nitrogens is 1. The van der Waals surface area contributed by atoms with Crippen LogP contribution in [0.5, 0.6) is 0 Å². The lowest BCUT2D eigenvalue weighted by molar-refractivity contribution is 0.866. The summed E-state index contributed by atoms with van der Waals surface area (Å²) in [6.07, 6.45) is 1.83. The van der Waals surface area contributed by atoms with Crippen LogP contribution in [0.4, 0.5) is 0 Å². The first-order valence-corrected chi connectivity index (χ1v) is 5.99. The molecular formula is C11H15N3S. The number of amidine groups is 1. The second-order valence-corrected chi connectivity index (χ2v) is 5.12. The molecule has 1 aromatic heterocycles. The van der Waals surface area contributed by atoms with Crippen molar-refractivity contribution in [2.45, 2.75) is 25.6 Å². The van der Waals surface area contributed by atoms with Crippen LogP contribution in [0.25, 0.3) is 0 Å². The van der Waals surface area contributed by atoms with E-state index < -0.39 is 0 Å². The zero-order valence-electron chi connectivity index (χ0n) is 9.03. The molecule has 1 aliphatic rings. The Morgan fingerprint density at radius 2 is 2.47 bits per heavy atom. The fraction of sp³-hybridized carbons (Fsp3) is 0.455. The van der Waals surface area contributed by atoms with Crippen LogP contribution in [0.1, 0.15) is 18.2 Å². The number of hydrogen-bond acceptors (Lipinski definition) is 4. The van der Waals surface area contributed by atoms with Crippen molar-refractivity contribution in [2.75, 3.05) is 6.54 Å². The standard InChI is InChI=1S/C11H15N3S/c1-8-4-3-5-12-10(8)7-14-11-13-6-9(2)15-11/h3-5,9H,6-7H2,1-2H3,(H,13,14). The molecule has 0 saturated heterocycles. The van der Waals surface area contributed by atoms with Crippen molar-refractivity contribution >= 4 is 16.9 Å². The zero-order chi connectivity index (χ0) is 10.7. The van der Waals surface area contributed by atoms with Crippen molar-refractivity contribution in [1.29, 1.82) is 0 Å². The van der Waals surface area contributed by atoms with Crippen LogP contribution in [0, 0.1) is 6.92 Å². The highest BCUT2D eigenvalue weighted by Crippen LogP contribution is 2.18. The molecule has 0 aromatic carbocycles. The highest BCUT2D eigenvalue weighted by Gasteiger charge is 2.14. The maximum absolute atomic E-state index is 4.40. The van der Waals surface area contributed by atoms with Gasteiger partial charge < -0.3 is 5.32 Å². The molecule has 2 heterocycles. The van der Waals surface area contributed by atoms with Gasteiger partial charge in [-0.25, -0.2) is 0 Å². The lowest BCUT2D eigenvalue weighted by Crippen LogP contribution is -2.19. The maximum atomic E-state index is 4.40. The highest BCUT2D eigenvalue weighted by molar-refractivity contribution is 8.14. The van der Waals surface area contributed by atoms with Crippen molar-refractivity contribution in [2.24, 2.45) is 4.99 Å². The van der Waals surface area contributed by atoms with Gasteiger partial charge in [-0.3, -0.25) is 9.98 Å². The predicted molar refractivity (Wildman–Crippen MR) is 65.2 cm³/mol. The molecular weight excluding hydrogens is 206 g/mol. The van der Waals surface area contributed by atoms with Gasteiger partial charge in [0.1, 0.15) is 0 Å². The topological polar surface area (TPSA) is 37.3 Å². The molecule has 1 aliphatic heterocycles. The Kier molecular flexibility index (Phi) is 3.26. The monoisotopic (exact) mass is 221 g/mol. The molecule has 0 spiro atoms. The molecule has 80 valence electrons. The van der Waals surface area contributed by atoms with Crippen molar-refractivity contribution in [3.8, 4) is 0 Å². The lowest BCUT2D eigenvalue weighted by atomic mass is 10.2. The molecule has 0 amide bonds. The van der Waals surface area contributed by atoms with Gasteiger partial charge in [0.05, 0.1) is 18.8 Å². The first kappa shape index (κ1) is 10.5. The minimum atomic E-state index is 0.609. The fourth-order valence-corrected chi connectivity index (χ4v) is 2.27. The maximum Gasteiger partial charge on any atom is 0.157 e. The number of hydrogen-bond donors (Lipinski definition) is 1. The Morgan fingerprint density at radius 1 is 1.60 bits per heavy atom. The molecule has 0 aliphatic carbocycles. The van der Waals surface area contributed by atoms with Crippen molar-refractivity contribution in [3.63, 3.8) is 0 Å². The van der Waals surface area contributed by atoms with Crippen LogP contribution < -0.4 is 5.32 Å². The minimum Gasteiger partial charge on any atom is -0.359 e. The first-order chi connectivity index (χ1) is 7.25. The summed E-state index contributed by atoms with van der Waals surface area (Å²) in [5.74, 6) is 0. The number of thioether (sulfide) groups is 1. The number of rotatable bonds is 2. The summed E-state index contributed by atoms with van der Waals surface area (Å²) < 4.78 is 0. The molecule has 1 unspecified atom stereocenters. The molecule has 1 atom stereocenters. The number of pyridine rings is 1. The smallest absolute Gasteiger partial charge is 0.157 e. The van der Waals surface area contributed by atoms with Crippen LogP contribution in [0.15, 0.2) is 23.3 Å². The van der Waals surface area contributed by atoms with Gasteiger partial charge in [-0.15, -0.1) is 0 Å². The summed E-state index contributed by atoms with van der Waals surface area (Å²) in [5, 5.41) is 4.98. The first-order valence-electron chi connectivity index (χ1n) is 5.11. The Hall–Kier alpha value is -1.03. The summed E-state index contributed by atoms with van der Waals surface area (Å²) in [4.78, 5) is 8.73. The third-order valence-corrected chi connectivity index (χ3v) is 3.38. The van der Waals surface area contributed by atoms with E-state index in [1.165, 1.54) is 5.56 Å². The Balaban J connectivity index is 1.91. The average molecular weight is 221 g/mol. The summed E-state index contributed by atoms with van der Waals surface area (Å²) in [6, 6.07) is 4.04. The second kappa shape index (κ2) is 4.66. The third kappa shape index (κ3) is 2.72. The number of nitrogens with zero attached hydrogens (tertiary/aromatic N) is 2. The second-order valence-electron chi connectivity index (χ2n) is 3.69. The van der Waals surface area contributed by atoms with Gasteiger partial charge in [-0.2, -0.15) is 0 Å². The van der Waals surface area contributed by atoms with E-state index in [0.717, 1.165) is 24.0 Å². The van der Waals surface area contributed by atoms with E-state index in [0.29, 0.717) is 5.25 Å². The molecule has 0 saturated carbocycles. The summed E-state index contributed by atoms with van der Waals surface area (Å²) >= 11 is 1.80. The van der Waals surface area contributed by atoms with E-state index in [1.807, 2.05) is 12.3 Å². The Labute approximate surface area is 94.4 Å². The number of nitrogens with one attached hydrogen (secondary N) is 1. The van der Waals surface area contributed by atoms with E-state index in [9.17, 15) is 0 Å². The van der Waals surface area contributed by atoms with Gasteiger partial charge in [-0.1, -0.05) is 24.8 Å². The summed E-state index contributed by atoms with van der Waals surface area (Å²) in [5.41, 5.74) is 2.32. The van der Waals surface area contributed by atoms with Gasteiger partial charge in [0.25, 0.3) is 0 Å². The molecule has 4 heteroatoms. The molecule has 2 rings (SSSR count). The molecule has 1 N–H and O–H groups in total. The van der Waals surface area contributed by atoms with Gasteiger partial charge in [0.15, 0.2) is 5.17 Å². The third-order valence-electron chi connectivity index (χ3n) is 2.33. The Bertz CT molecular complexity index is 376. The summed E-state index contributed by atoms with van der Waals surface area (Å²) in [7, 11) is 0. The fourth-order valence-electron chi connectivity index (χ4n) is 1.44. The zero-order valence-corrected chi connectivity index (χ0v) is 9.84. The average Bonchev–Trinajstić information content (AvgIpc) is 2.63. The summed E-state index contributed by atoms with van der Waals surface area (Å²) in [6.45, 7) is 5.96. The largest absolute Gasteiger partial charge is 0.359 e. The van der Waals surface area contributed by atoms with E-state index in [1.54, 1.807) is 11.8 Å². The van der Waals surface area contributed by atoms with Gasteiger partial charge in [0, 0.05) is 11.4 Å². The molecule has 3 nitrogen and oxygen atoms in total. The van der Waals surface area contributed by atoms with Crippen molar-refractivity contribution in [1.82, 2.24) is 10.3 Å². The van der Waals surface area contributed by atoms with Crippen LogP contribution >= 0.6 is 11.8 Å². The van der Waals surface area contributed by atoms with Gasteiger partial charge in [-0.05, 0) is 18.6 Å². The number of aryl methyl sites for hydroxylation is 1. The molecule has 0 radical (unpaired) electrons. The quantitative estimate of drug-likeness (QED) is 0.829. The van der Waals surface area contributed by atoms with E-state index in [-0.39, 0.29) is 0 Å². The van der Waals surface area contributed by atoms with Gasteiger partial charge in [0.2, 0.25) is 0 Å². The highest BCUT2D eigenvalue weighted by atomic mass is 32.2. The minimum absolute atomic E-state index is 0.609. The predicted octanol–water partition coefficient (Wildman–Crippen LogP) is 1.97. The number of aliphatic imine (C=N–C) groups is 1. The van der Waals surface area contributed by atoms with E-state index in [4.69, 9.17) is 0 Å². The van der Waals surface area contributed by atoms with E-state index in [2.05, 4.69) is 35.2 Å². The molecule has 15 heavy (non-hydrogen) atoms. The van der Waals surface area contributed by atoms with Gasteiger partial charge >= 0.3 is 0 Å². The Morgan fingerprint density at radius 3 is 3.13 bits per heavy atom. The van der Waals surface area contributed by atoms with Crippen LogP contribution in [-0.4, -0.2) is 21.9 Å². The normalized spacial score (nSPS) is 20.1. The van der Waals surface area contributed by atoms with Crippen molar-refractivity contribution < 1.29 is 0 Å². The van der Waals surface area contributed by atoms with Crippen LogP contribution in [0.3, 0.4) is 0 Å². The molecule has 0 bridgehead atoms. The molecule has 0 fully saturated rings. The SMILES string of the molecule is Cc1cccnc1CNC1=NCC(C)S1. The van der Waals surface area contributed by atoms with E-state index >= 15 is 0 Å². The van der Waals surface area contributed by atoms with Crippen molar-refractivity contribution in [3.05, 3.63) is 29.6 Å². The lowest BCUT2D eigenvalue weighted by Gasteiger charge is -2.07. The molecule has 1 aromatic rings. The van der Waals surface area contributed by atoms with Crippen LogP contribution in [0.2, 0.25) is 0 Å².